The summed E-state index contributed by atoms with van der Waals surface area (Å²) in [5.41, 5.74) is 5.36. The van der Waals surface area contributed by atoms with Crippen molar-refractivity contribution in [2.45, 2.75) is 25.8 Å². The predicted molar refractivity (Wildman–Crippen MR) is 57.6 cm³/mol. The van der Waals surface area contributed by atoms with E-state index in [2.05, 4.69) is 4.98 Å². The highest BCUT2D eigenvalue weighted by Gasteiger charge is 2.18. The van der Waals surface area contributed by atoms with E-state index in [0.29, 0.717) is 0 Å². The zero-order valence-corrected chi connectivity index (χ0v) is 9.51. The molecule has 1 aromatic rings. The highest BCUT2D eigenvalue weighted by Crippen LogP contribution is 2.18. The molecule has 2 N–H and O–H groups in total. The van der Waals surface area contributed by atoms with Crippen molar-refractivity contribution in [1.29, 1.82) is 0 Å². The molecule has 1 heterocycles. The Morgan fingerprint density at radius 1 is 1.67 bits per heavy atom. The molecule has 0 amide bonds. The average molecular weight is 233 g/mol. The molecule has 0 aromatic carbocycles. The summed E-state index contributed by atoms with van der Waals surface area (Å²) >= 11 is 5.55. The van der Waals surface area contributed by atoms with Crippen LogP contribution in [0.5, 0.6) is 5.88 Å². The highest BCUT2D eigenvalue weighted by atomic mass is 35.5. The van der Waals surface area contributed by atoms with Crippen molar-refractivity contribution < 1.29 is 9.13 Å². The monoisotopic (exact) mass is 232 g/mol. The van der Waals surface area contributed by atoms with Gasteiger partial charge in [-0.2, -0.15) is 0 Å². The van der Waals surface area contributed by atoms with Gasteiger partial charge in [-0.05, 0) is 19.4 Å². The largest absolute Gasteiger partial charge is 0.474 e. The first-order chi connectivity index (χ1) is 6.94. The molecule has 15 heavy (non-hydrogen) atoms. The summed E-state index contributed by atoms with van der Waals surface area (Å²) in [4.78, 5) is 3.73. The van der Waals surface area contributed by atoms with Crippen LogP contribution in [0, 0.1) is 5.82 Å². The summed E-state index contributed by atoms with van der Waals surface area (Å²) in [6, 6.07) is 1.16. The van der Waals surface area contributed by atoms with E-state index in [9.17, 15) is 4.39 Å². The van der Waals surface area contributed by atoms with Crippen LogP contribution < -0.4 is 10.5 Å². The predicted octanol–water partition coefficient (Wildman–Crippen LogP) is 2.38. The fourth-order valence-electron chi connectivity index (χ4n) is 0.844. The molecule has 1 atom stereocenters. The normalized spacial score (nSPS) is 14.7. The summed E-state index contributed by atoms with van der Waals surface area (Å²) in [6.45, 7) is 3.99. The first-order valence-electron chi connectivity index (χ1n) is 4.67. The van der Waals surface area contributed by atoms with Gasteiger partial charge < -0.3 is 10.5 Å². The minimum absolute atomic E-state index is 0.0653. The molecule has 0 spiro atoms. The smallest absolute Gasteiger partial charge is 0.250 e. The fourth-order valence-corrected chi connectivity index (χ4v) is 0.988. The molecule has 5 heteroatoms. The van der Waals surface area contributed by atoms with Gasteiger partial charge >= 0.3 is 0 Å². The topological polar surface area (TPSA) is 48.1 Å². The van der Waals surface area contributed by atoms with Crippen LogP contribution in [0.3, 0.4) is 0 Å². The van der Waals surface area contributed by atoms with Crippen LogP contribution in [0.25, 0.3) is 0 Å². The molecule has 0 aliphatic heterocycles. The van der Waals surface area contributed by atoms with Crippen LogP contribution in [-0.2, 0) is 0 Å². The highest BCUT2D eigenvalue weighted by molar-refractivity contribution is 6.30. The fraction of sp³-hybridized carbons (Fsp3) is 0.500. The number of rotatable bonds is 4. The third-order valence-electron chi connectivity index (χ3n) is 2.12. The molecule has 1 unspecified atom stereocenters. The summed E-state index contributed by atoms with van der Waals surface area (Å²) in [6.07, 6.45) is 2.07. The zero-order chi connectivity index (χ0) is 11.5. The molecule has 1 rings (SSSR count). The van der Waals surface area contributed by atoms with Crippen LogP contribution in [0.2, 0.25) is 5.02 Å². The van der Waals surface area contributed by atoms with Gasteiger partial charge in [0.25, 0.3) is 5.88 Å². The first kappa shape index (κ1) is 12.2. The lowest BCUT2D eigenvalue weighted by molar-refractivity contribution is 0.210. The van der Waals surface area contributed by atoms with E-state index in [1.54, 1.807) is 0 Å². The van der Waals surface area contributed by atoms with E-state index in [4.69, 9.17) is 22.1 Å². The Labute approximate surface area is 93.4 Å². The van der Waals surface area contributed by atoms with E-state index >= 15 is 0 Å². The molecular formula is C10H14ClFN2O. The molecule has 0 aliphatic carbocycles. The van der Waals surface area contributed by atoms with Crippen LogP contribution in [-0.4, -0.2) is 17.1 Å². The van der Waals surface area contributed by atoms with E-state index in [0.717, 1.165) is 12.5 Å². The van der Waals surface area contributed by atoms with Gasteiger partial charge in [0.05, 0.1) is 5.02 Å². The third kappa shape index (κ3) is 3.64. The zero-order valence-electron chi connectivity index (χ0n) is 8.76. The van der Waals surface area contributed by atoms with Crippen LogP contribution in [0.1, 0.15) is 20.3 Å². The van der Waals surface area contributed by atoms with Gasteiger partial charge in [0.15, 0.2) is 5.82 Å². The summed E-state index contributed by atoms with van der Waals surface area (Å²) in [7, 11) is 0. The van der Waals surface area contributed by atoms with Crippen LogP contribution in [0.15, 0.2) is 12.3 Å². The Morgan fingerprint density at radius 3 is 2.87 bits per heavy atom. The molecule has 0 aliphatic rings. The number of pyridine rings is 1. The second-order valence-corrected chi connectivity index (χ2v) is 4.17. The second-order valence-electron chi connectivity index (χ2n) is 3.74. The number of hydrogen-bond donors (Lipinski definition) is 1. The van der Waals surface area contributed by atoms with Gasteiger partial charge in [0.1, 0.15) is 6.61 Å². The maximum absolute atomic E-state index is 13.2. The van der Waals surface area contributed by atoms with Crippen molar-refractivity contribution in [2.24, 2.45) is 5.73 Å². The number of nitrogens with two attached hydrogens (primary N) is 1. The van der Waals surface area contributed by atoms with Gasteiger partial charge in [0.2, 0.25) is 0 Å². The Balaban J connectivity index is 2.66. The molecule has 0 bridgehead atoms. The summed E-state index contributed by atoms with van der Waals surface area (Å²) in [5, 5.41) is 0.242. The number of halogens is 2. The second kappa shape index (κ2) is 4.77. The molecule has 84 valence electrons. The third-order valence-corrected chi connectivity index (χ3v) is 2.33. The van der Waals surface area contributed by atoms with Crippen LogP contribution in [0.4, 0.5) is 4.39 Å². The van der Waals surface area contributed by atoms with Crippen molar-refractivity contribution in [3.8, 4) is 5.88 Å². The van der Waals surface area contributed by atoms with E-state index in [1.807, 2.05) is 13.8 Å². The standard InChI is InChI=1S/C10H14ClFN2O/c1-3-10(2,13)6-15-9-8(12)4-7(11)5-14-9/h4-5H,3,6,13H2,1-2H3. The Kier molecular flexibility index (Phi) is 3.88. The molecule has 0 saturated carbocycles. The Morgan fingerprint density at radius 2 is 2.33 bits per heavy atom. The molecule has 0 radical (unpaired) electrons. The van der Waals surface area contributed by atoms with Gasteiger partial charge in [-0.3, -0.25) is 0 Å². The number of hydrogen-bond acceptors (Lipinski definition) is 3. The summed E-state index contributed by atoms with van der Waals surface area (Å²) < 4.78 is 18.4. The van der Waals surface area contributed by atoms with Gasteiger partial charge in [-0.25, -0.2) is 9.37 Å². The molecule has 3 nitrogen and oxygen atoms in total. The molecular weight excluding hydrogens is 219 g/mol. The van der Waals surface area contributed by atoms with Crippen LogP contribution >= 0.6 is 11.6 Å². The average Bonchev–Trinajstić information content (AvgIpc) is 2.16. The van der Waals surface area contributed by atoms with E-state index < -0.39 is 11.4 Å². The molecule has 1 aromatic heterocycles. The molecule has 0 saturated heterocycles. The maximum Gasteiger partial charge on any atom is 0.250 e. The van der Waals surface area contributed by atoms with E-state index in [-0.39, 0.29) is 17.5 Å². The first-order valence-corrected chi connectivity index (χ1v) is 5.05. The van der Waals surface area contributed by atoms with Crippen molar-refractivity contribution in [3.63, 3.8) is 0 Å². The lowest BCUT2D eigenvalue weighted by Crippen LogP contribution is -2.41. The lowest BCUT2D eigenvalue weighted by atomic mass is 10.0. The van der Waals surface area contributed by atoms with Crippen molar-refractivity contribution in [1.82, 2.24) is 4.98 Å². The quantitative estimate of drug-likeness (QED) is 0.867. The maximum atomic E-state index is 13.2. The van der Waals surface area contributed by atoms with E-state index in [1.165, 1.54) is 6.20 Å². The number of nitrogens with zero attached hydrogens (tertiary/aromatic N) is 1. The lowest BCUT2D eigenvalue weighted by Gasteiger charge is -2.22. The van der Waals surface area contributed by atoms with Crippen molar-refractivity contribution in [2.75, 3.05) is 6.61 Å². The minimum atomic E-state index is -0.575. The Bertz CT molecular complexity index is 344. The van der Waals surface area contributed by atoms with Gasteiger partial charge in [-0.15, -0.1) is 0 Å². The summed E-state index contributed by atoms with van der Waals surface area (Å²) in [5.74, 6) is -0.640. The van der Waals surface area contributed by atoms with Gasteiger partial charge in [0, 0.05) is 11.7 Å². The Hall–Kier alpha value is -0.870. The SMILES string of the molecule is CCC(C)(N)COc1ncc(Cl)cc1F. The molecule has 0 fully saturated rings. The van der Waals surface area contributed by atoms with Crippen molar-refractivity contribution >= 4 is 11.6 Å². The van der Waals surface area contributed by atoms with Gasteiger partial charge in [-0.1, -0.05) is 18.5 Å². The minimum Gasteiger partial charge on any atom is -0.474 e. The number of aromatic nitrogens is 1. The van der Waals surface area contributed by atoms with Crippen molar-refractivity contribution in [3.05, 3.63) is 23.1 Å². The number of ether oxygens (including phenoxy) is 1.